The predicted molar refractivity (Wildman–Crippen MR) is 125 cm³/mol. The number of halogens is 1. The summed E-state index contributed by atoms with van der Waals surface area (Å²) in [5, 5.41) is 5.63. The van der Waals surface area contributed by atoms with Crippen LogP contribution in [0.1, 0.15) is 33.5 Å². The molecule has 0 aliphatic rings. The predicted octanol–water partition coefficient (Wildman–Crippen LogP) is 5.46. The minimum atomic E-state index is -0.503. The van der Waals surface area contributed by atoms with E-state index < -0.39 is 5.97 Å². The smallest absolute Gasteiger partial charge is 0.341 e. The number of aryl methyl sites for hydroxylation is 1. The zero-order chi connectivity index (χ0) is 22.8. The van der Waals surface area contributed by atoms with E-state index in [1.807, 2.05) is 29.6 Å². The lowest BCUT2D eigenvalue weighted by molar-refractivity contribution is 0.0529. The van der Waals surface area contributed by atoms with Crippen LogP contribution in [0, 0.1) is 6.92 Å². The van der Waals surface area contributed by atoms with Crippen LogP contribution in [0.25, 0.3) is 16.8 Å². The molecule has 4 rings (SSSR count). The summed E-state index contributed by atoms with van der Waals surface area (Å²) in [6.45, 7) is 3.71. The molecule has 1 amide bonds. The summed E-state index contributed by atoms with van der Waals surface area (Å²) in [5.74, 6) is -0.180. The van der Waals surface area contributed by atoms with E-state index in [1.54, 1.807) is 43.7 Å². The number of carbonyl (C=O) groups is 2. The molecule has 1 aromatic carbocycles. The number of imidazole rings is 1. The van der Waals surface area contributed by atoms with Gasteiger partial charge in [0.15, 0.2) is 0 Å². The number of methoxy groups -OCH3 is 1. The number of thiophene rings is 1. The van der Waals surface area contributed by atoms with Crippen LogP contribution in [0.4, 0.5) is 5.00 Å². The molecular weight excluding hydrogens is 450 g/mol. The van der Waals surface area contributed by atoms with Crippen molar-refractivity contribution in [2.75, 3.05) is 19.0 Å². The third-order valence-corrected chi connectivity index (χ3v) is 6.01. The van der Waals surface area contributed by atoms with Gasteiger partial charge in [0.25, 0.3) is 5.91 Å². The van der Waals surface area contributed by atoms with Gasteiger partial charge in [-0.2, -0.15) is 0 Å². The van der Waals surface area contributed by atoms with Crippen molar-refractivity contribution in [3.63, 3.8) is 0 Å². The quantitative estimate of drug-likeness (QED) is 0.379. The highest BCUT2D eigenvalue weighted by molar-refractivity contribution is 7.15. The van der Waals surface area contributed by atoms with Crippen molar-refractivity contribution in [2.24, 2.45) is 0 Å². The second-order valence-electron chi connectivity index (χ2n) is 6.88. The Morgan fingerprint density at radius 2 is 1.97 bits per heavy atom. The van der Waals surface area contributed by atoms with E-state index >= 15 is 0 Å². The standard InChI is InChI=1S/C23H20ClN3O4S/c1-4-31-23(29)19-17(14-5-7-16(30-3)8-6-14)12-32-22(19)26-21(28)20-13(2)25-18-11-15(24)9-10-27(18)20/h5-12H,4H2,1-3H3,(H,26,28). The van der Waals surface area contributed by atoms with Crippen LogP contribution in [0.3, 0.4) is 0 Å². The number of hydrogen-bond donors (Lipinski definition) is 1. The first kappa shape index (κ1) is 21.9. The molecule has 0 aliphatic carbocycles. The van der Waals surface area contributed by atoms with E-state index in [4.69, 9.17) is 21.1 Å². The average Bonchev–Trinajstić information content (AvgIpc) is 3.33. The monoisotopic (exact) mass is 469 g/mol. The Bertz CT molecular complexity index is 1310. The minimum absolute atomic E-state index is 0.219. The van der Waals surface area contributed by atoms with E-state index in [0.29, 0.717) is 43.9 Å². The number of nitrogens with zero attached hydrogens (tertiary/aromatic N) is 2. The molecule has 4 aromatic rings. The molecule has 3 aromatic heterocycles. The first-order chi connectivity index (χ1) is 15.4. The van der Waals surface area contributed by atoms with E-state index in [2.05, 4.69) is 10.3 Å². The highest BCUT2D eigenvalue weighted by Crippen LogP contribution is 2.37. The van der Waals surface area contributed by atoms with Gasteiger partial charge in [0.2, 0.25) is 0 Å². The number of pyridine rings is 1. The molecule has 0 bridgehead atoms. The SMILES string of the molecule is CCOC(=O)c1c(-c2ccc(OC)cc2)csc1NC(=O)c1c(C)nc2cc(Cl)ccn12. The van der Waals surface area contributed by atoms with Crippen LogP contribution in [-0.4, -0.2) is 35.0 Å². The molecule has 0 unspecified atom stereocenters. The molecule has 7 nitrogen and oxygen atoms in total. The van der Waals surface area contributed by atoms with Gasteiger partial charge in [-0.3, -0.25) is 9.20 Å². The van der Waals surface area contributed by atoms with Gasteiger partial charge in [-0.15, -0.1) is 11.3 Å². The molecule has 3 heterocycles. The maximum Gasteiger partial charge on any atom is 0.341 e. The Morgan fingerprint density at radius 3 is 2.66 bits per heavy atom. The number of fused-ring (bicyclic) bond motifs is 1. The van der Waals surface area contributed by atoms with Gasteiger partial charge in [0.1, 0.15) is 27.7 Å². The summed E-state index contributed by atoms with van der Waals surface area (Å²) in [4.78, 5) is 30.4. The molecule has 9 heteroatoms. The number of nitrogens with one attached hydrogen (secondary N) is 1. The van der Waals surface area contributed by atoms with Gasteiger partial charge >= 0.3 is 5.97 Å². The fourth-order valence-electron chi connectivity index (χ4n) is 3.41. The number of benzene rings is 1. The highest BCUT2D eigenvalue weighted by Gasteiger charge is 2.25. The Kier molecular flexibility index (Phi) is 6.16. The van der Waals surface area contributed by atoms with E-state index in [-0.39, 0.29) is 12.5 Å². The van der Waals surface area contributed by atoms with Gasteiger partial charge in [0.05, 0.1) is 19.4 Å². The Hall–Kier alpha value is -3.36. The van der Waals surface area contributed by atoms with Crippen molar-refractivity contribution in [2.45, 2.75) is 13.8 Å². The minimum Gasteiger partial charge on any atom is -0.497 e. The van der Waals surface area contributed by atoms with Crippen molar-refractivity contribution < 1.29 is 19.1 Å². The lowest BCUT2D eigenvalue weighted by Crippen LogP contribution is -2.17. The lowest BCUT2D eigenvalue weighted by Gasteiger charge is -2.10. The van der Waals surface area contributed by atoms with Crippen LogP contribution in [0.15, 0.2) is 48.0 Å². The molecule has 0 fully saturated rings. The number of amides is 1. The normalized spacial score (nSPS) is 10.9. The zero-order valence-electron chi connectivity index (χ0n) is 17.6. The summed E-state index contributed by atoms with van der Waals surface area (Å²) in [7, 11) is 1.59. The third kappa shape index (κ3) is 4.06. The number of hydrogen-bond acceptors (Lipinski definition) is 6. The first-order valence-corrected chi connectivity index (χ1v) is 11.1. The Morgan fingerprint density at radius 1 is 1.22 bits per heavy atom. The number of esters is 1. The van der Waals surface area contributed by atoms with Gasteiger partial charge in [-0.05, 0) is 37.6 Å². The zero-order valence-corrected chi connectivity index (χ0v) is 19.2. The molecule has 0 atom stereocenters. The van der Waals surface area contributed by atoms with Gasteiger partial charge in [-0.1, -0.05) is 23.7 Å². The van der Waals surface area contributed by atoms with Gasteiger partial charge in [-0.25, -0.2) is 9.78 Å². The van der Waals surface area contributed by atoms with Crippen molar-refractivity contribution >= 4 is 45.5 Å². The number of aromatic nitrogens is 2. The molecule has 32 heavy (non-hydrogen) atoms. The van der Waals surface area contributed by atoms with Crippen LogP contribution >= 0.6 is 22.9 Å². The maximum atomic E-state index is 13.2. The summed E-state index contributed by atoms with van der Waals surface area (Å²) >= 11 is 7.30. The molecule has 1 N–H and O–H groups in total. The maximum absolute atomic E-state index is 13.2. The molecule has 0 aliphatic heterocycles. The molecular formula is C23H20ClN3O4S. The van der Waals surface area contributed by atoms with Gasteiger partial charge < -0.3 is 14.8 Å². The number of carbonyl (C=O) groups excluding carboxylic acids is 2. The van der Waals surface area contributed by atoms with E-state index in [9.17, 15) is 9.59 Å². The van der Waals surface area contributed by atoms with Crippen molar-refractivity contribution in [3.05, 3.63) is 69.9 Å². The Balaban J connectivity index is 1.73. The van der Waals surface area contributed by atoms with E-state index in [1.165, 1.54) is 11.3 Å². The summed E-state index contributed by atoms with van der Waals surface area (Å²) in [6, 6.07) is 10.7. The van der Waals surface area contributed by atoms with Crippen LogP contribution in [0.5, 0.6) is 5.75 Å². The molecule has 0 saturated carbocycles. The molecule has 164 valence electrons. The Labute approximate surface area is 193 Å². The molecule has 0 radical (unpaired) electrons. The number of ether oxygens (including phenoxy) is 2. The van der Waals surface area contributed by atoms with Crippen molar-refractivity contribution in [1.29, 1.82) is 0 Å². The highest BCUT2D eigenvalue weighted by atomic mass is 35.5. The second kappa shape index (κ2) is 9.02. The van der Waals surface area contributed by atoms with Crippen LogP contribution in [-0.2, 0) is 4.74 Å². The van der Waals surface area contributed by atoms with Gasteiger partial charge in [0, 0.05) is 28.2 Å². The third-order valence-electron chi connectivity index (χ3n) is 4.88. The lowest BCUT2D eigenvalue weighted by atomic mass is 10.0. The topological polar surface area (TPSA) is 81.9 Å². The summed E-state index contributed by atoms with van der Waals surface area (Å²) in [5.41, 5.74) is 3.28. The fraction of sp³-hybridized carbons (Fsp3) is 0.174. The fourth-order valence-corrected chi connectivity index (χ4v) is 4.52. The van der Waals surface area contributed by atoms with Crippen molar-refractivity contribution in [1.82, 2.24) is 9.38 Å². The molecule has 0 spiro atoms. The summed E-state index contributed by atoms with van der Waals surface area (Å²) < 4.78 is 12.1. The van der Waals surface area contributed by atoms with Crippen LogP contribution < -0.4 is 10.1 Å². The summed E-state index contributed by atoms with van der Waals surface area (Å²) in [6.07, 6.45) is 1.69. The first-order valence-electron chi connectivity index (χ1n) is 9.81. The number of rotatable bonds is 6. The van der Waals surface area contributed by atoms with Crippen molar-refractivity contribution in [3.8, 4) is 16.9 Å². The van der Waals surface area contributed by atoms with Crippen LogP contribution in [0.2, 0.25) is 5.02 Å². The van der Waals surface area contributed by atoms with E-state index in [0.717, 1.165) is 5.56 Å². The second-order valence-corrected chi connectivity index (χ2v) is 8.19. The molecule has 0 saturated heterocycles. The largest absolute Gasteiger partial charge is 0.497 e. The average molecular weight is 470 g/mol. The number of anilines is 1.